The fourth-order valence-corrected chi connectivity index (χ4v) is 2.48. The quantitative estimate of drug-likeness (QED) is 0.824. The lowest BCUT2D eigenvalue weighted by atomic mass is 10.2. The second kappa shape index (κ2) is 6.41. The molecular formula is C15H20N2O3. The summed E-state index contributed by atoms with van der Waals surface area (Å²) < 4.78 is 0. The van der Waals surface area contributed by atoms with E-state index < -0.39 is 5.97 Å². The number of carbonyl (C=O) groups excluding carboxylic acids is 1. The van der Waals surface area contributed by atoms with E-state index in [1.807, 2.05) is 25.1 Å². The Bertz CT molecular complexity index is 502. The number of rotatable bonds is 6. The van der Waals surface area contributed by atoms with Crippen LogP contribution in [-0.4, -0.2) is 36.1 Å². The van der Waals surface area contributed by atoms with E-state index in [-0.39, 0.29) is 18.4 Å². The molecular weight excluding hydrogens is 256 g/mol. The Hall–Kier alpha value is -2.04. The molecule has 1 amide bonds. The zero-order valence-electron chi connectivity index (χ0n) is 11.6. The molecule has 2 N–H and O–H groups in total. The minimum atomic E-state index is -0.834. The summed E-state index contributed by atoms with van der Waals surface area (Å²) in [6.07, 6.45) is 1.50. The number of hydrogen-bond donors (Lipinski definition) is 2. The number of aliphatic carboxylic acids is 1. The van der Waals surface area contributed by atoms with E-state index in [0.717, 1.165) is 18.7 Å². The first-order chi connectivity index (χ1) is 9.56. The van der Waals surface area contributed by atoms with Crippen molar-refractivity contribution in [3.8, 4) is 0 Å². The smallest absolute Gasteiger partial charge is 0.303 e. The van der Waals surface area contributed by atoms with Gasteiger partial charge in [0.15, 0.2) is 0 Å². The lowest BCUT2D eigenvalue weighted by Crippen LogP contribution is -2.40. The van der Waals surface area contributed by atoms with Crippen molar-refractivity contribution in [2.45, 2.75) is 32.2 Å². The monoisotopic (exact) mass is 276 g/mol. The third-order valence-electron chi connectivity index (χ3n) is 3.52. The van der Waals surface area contributed by atoms with Crippen LogP contribution >= 0.6 is 0 Å². The number of nitrogens with zero attached hydrogens (tertiary/aromatic N) is 1. The molecule has 1 aromatic carbocycles. The highest BCUT2D eigenvalue weighted by atomic mass is 16.4. The maximum absolute atomic E-state index is 12.0. The van der Waals surface area contributed by atoms with E-state index >= 15 is 0 Å². The maximum atomic E-state index is 12.0. The Morgan fingerprint density at radius 2 is 2.15 bits per heavy atom. The van der Waals surface area contributed by atoms with Crippen molar-refractivity contribution >= 4 is 17.6 Å². The van der Waals surface area contributed by atoms with Crippen molar-refractivity contribution in [3.05, 3.63) is 29.8 Å². The van der Waals surface area contributed by atoms with Gasteiger partial charge in [-0.1, -0.05) is 18.2 Å². The average molecular weight is 276 g/mol. The zero-order valence-corrected chi connectivity index (χ0v) is 11.6. The predicted molar refractivity (Wildman–Crippen MR) is 76.8 cm³/mol. The van der Waals surface area contributed by atoms with E-state index in [1.54, 1.807) is 0 Å². The molecule has 0 aliphatic carbocycles. The maximum Gasteiger partial charge on any atom is 0.303 e. The molecule has 0 aromatic heterocycles. The summed E-state index contributed by atoms with van der Waals surface area (Å²) in [6.45, 7) is 3.02. The highest BCUT2D eigenvalue weighted by molar-refractivity contribution is 5.82. The molecule has 1 aromatic rings. The van der Waals surface area contributed by atoms with Gasteiger partial charge in [0.25, 0.3) is 0 Å². The Labute approximate surface area is 118 Å². The number of carboxylic acid groups (broad SMARTS) is 1. The summed E-state index contributed by atoms with van der Waals surface area (Å²) >= 11 is 0. The second-order valence-corrected chi connectivity index (χ2v) is 5.20. The lowest BCUT2D eigenvalue weighted by Gasteiger charge is -2.20. The number of fused-ring (bicyclic) bond motifs is 1. The molecule has 5 nitrogen and oxygen atoms in total. The van der Waals surface area contributed by atoms with E-state index in [4.69, 9.17) is 5.11 Å². The van der Waals surface area contributed by atoms with Gasteiger partial charge in [0, 0.05) is 24.7 Å². The van der Waals surface area contributed by atoms with Crippen LogP contribution in [0, 0.1) is 0 Å². The van der Waals surface area contributed by atoms with Crippen molar-refractivity contribution in [2.75, 3.05) is 18.0 Å². The van der Waals surface area contributed by atoms with Gasteiger partial charge in [-0.2, -0.15) is 0 Å². The van der Waals surface area contributed by atoms with Crippen LogP contribution in [0.5, 0.6) is 0 Å². The molecule has 0 spiro atoms. The van der Waals surface area contributed by atoms with E-state index in [2.05, 4.69) is 16.3 Å². The van der Waals surface area contributed by atoms with Gasteiger partial charge >= 0.3 is 5.97 Å². The molecule has 1 atom stereocenters. The van der Waals surface area contributed by atoms with Crippen LogP contribution in [0.25, 0.3) is 0 Å². The lowest BCUT2D eigenvalue weighted by molar-refractivity contribution is -0.137. The van der Waals surface area contributed by atoms with Crippen LogP contribution in [0.3, 0.4) is 0 Å². The highest BCUT2D eigenvalue weighted by Crippen LogP contribution is 2.26. The van der Waals surface area contributed by atoms with Crippen LogP contribution in [0.4, 0.5) is 5.69 Å². The molecule has 20 heavy (non-hydrogen) atoms. The number of amides is 1. The normalized spacial score (nSPS) is 14.8. The number of para-hydroxylation sites is 1. The molecule has 0 radical (unpaired) electrons. The van der Waals surface area contributed by atoms with Gasteiger partial charge in [-0.05, 0) is 31.4 Å². The Morgan fingerprint density at radius 3 is 2.90 bits per heavy atom. The molecule has 5 heteroatoms. The third-order valence-corrected chi connectivity index (χ3v) is 3.52. The van der Waals surface area contributed by atoms with Gasteiger partial charge in [0.05, 0.1) is 6.54 Å². The summed E-state index contributed by atoms with van der Waals surface area (Å²) in [5.41, 5.74) is 2.40. The molecule has 0 saturated carbocycles. The van der Waals surface area contributed by atoms with Crippen molar-refractivity contribution in [1.29, 1.82) is 0 Å². The molecule has 1 unspecified atom stereocenters. The van der Waals surface area contributed by atoms with Crippen LogP contribution < -0.4 is 10.2 Å². The average Bonchev–Trinajstić information content (AvgIpc) is 2.80. The summed E-state index contributed by atoms with van der Waals surface area (Å²) in [5.74, 6) is -0.890. The van der Waals surface area contributed by atoms with Crippen LogP contribution in [-0.2, 0) is 16.0 Å². The number of hydrogen-bond acceptors (Lipinski definition) is 3. The van der Waals surface area contributed by atoms with Crippen LogP contribution in [0.15, 0.2) is 24.3 Å². The largest absolute Gasteiger partial charge is 0.481 e. The first kappa shape index (κ1) is 14.4. The van der Waals surface area contributed by atoms with Gasteiger partial charge < -0.3 is 15.3 Å². The SMILES string of the molecule is CC(CCC(=O)O)NC(=O)CN1CCc2ccccc21. The Morgan fingerprint density at radius 1 is 1.40 bits per heavy atom. The van der Waals surface area contributed by atoms with Crippen LogP contribution in [0.2, 0.25) is 0 Å². The highest BCUT2D eigenvalue weighted by Gasteiger charge is 2.21. The van der Waals surface area contributed by atoms with Crippen molar-refractivity contribution in [3.63, 3.8) is 0 Å². The van der Waals surface area contributed by atoms with Gasteiger partial charge in [-0.15, -0.1) is 0 Å². The van der Waals surface area contributed by atoms with Gasteiger partial charge in [0.2, 0.25) is 5.91 Å². The van der Waals surface area contributed by atoms with Crippen LogP contribution in [0.1, 0.15) is 25.3 Å². The van der Waals surface area contributed by atoms with Gasteiger partial charge in [-0.3, -0.25) is 9.59 Å². The standard InChI is InChI=1S/C15H20N2O3/c1-11(6-7-15(19)20)16-14(18)10-17-9-8-12-4-2-3-5-13(12)17/h2-5,11H,6-10H2,1H3,(H,16,18)(H,19,20). The summed E-state index contributed by atoms with van der Waals surface area (Å²) in [5, 5.41) is 11.5. The number of anilines is 1. The number of benzene rings is 1. The fourth-order valence-electron chi connectivity index (χ4n) is 2.48. The van der Waals surface area contributed by atoms with E-state index in [0.29, 0.717) is 13.0 Å². The molecule has 0 saturated heterocycles. The van der Waals surface area contributed by atoms with Crippen molar-refractivity contribution in [2.24, 2.45) is 0 Å². The minimum Gasteiger partial charge on any atom is -0.481 e. The molecule has 0 bridgehead atoms. The fraction of sp³-hybridized carbons (Fsp3) is 0.467. The number of carbonyl (C=O) groups is 2. The minimum absolute atomic E-state index is 0.0559. The van der Waals surface area contributed by atoms with Gasteiger partial charge in [-0.25, -0.2) is 0 Å². The van der Waals surface area contributed by atoms with E-state index in [1.165, 1.54) is 5.56 Å². The molecule has 0 fully saturated rings. The Balaban J connectivity index is 1.82. The molecule has 1 aliphatic rings. The molecule has 108 valence electrons. The van der Waals surface area contributed by atoms with E-state index in [9.17, 15) is 9.59 Å². The first-order valence-electron chi connectivity index (χ1n) is 6.90. The Kier molecular flexibility index (Phi) is 4.61. The number of carboxylic acids is 1. The second-order valence-electron chi connectivity index (χ2n) is 5.20. The number of nitrogens with one attached hydrogen (secondary N) is 1. The summed E-state index contributed by atoms with van der Waals surface area (Å²) in [4.78, 5) is 24.5. The first-order valence-corrected chi connectivity index (χ1v) is 6.90. The predicted octanol–water partition coefficient (Wildman–Crippen LogP) is 1.42. The summed E-state index contributed by atoms with van der Waals surface area (Å²) in [7, 11) is 0. The van der Waals surface area contributed by atoms with Crippen molar-refractivity contribution < 1.29 is 14.7 Å². The zero-order chi connectivity index (χ0) is 14.5. The third kappa shape index (κ3) is 3.73. The van der Waals surface area contributed by atoms with Crippen molar-refractivity contribution in [1.82, 2.24) is 5.32 Å². The molecule has 1 heterocycles. The molecule has 1 aliphatic heterocycles. The topological polar surface area (TPSA) is 69.6 Å². The molecule has 2 rings (SSSR count). The summed E-state index contributed by atoms with van der Waals surface area (Å²) in [6, 6.07) is 7.99. The van der Waals surface area contributed by atoms with Gasteiger partial charge in [0.1, 0.15) is 0 Å².